The standard InChI is InChI=1S/C13H23N5S/c1-9(18-6-4-5-7-18)8-15-13-11(12(14)19)10(2)16-17(13)3/h9,15H,4-8H2,1-3H3,(H2,14,19). The van der Waals surface area contributed by atoms with Gasteiger partial charge >= 0.3 is 0 Å². The van der Waals surface area contributed by atoms with E-state index in [1.165, 1.54) is 25.9 Å². The van der Waals surface area contributed by atoms with Gasteiger partial charge in [0, 0.05) is 19.6 Å². The highest BCUT2D eigenvalue weighted by Gasteiger charge is 2.20. The van der Waals surface area contributed by atoms with E-state index in [4.69, 9.17) is 18.0 Å². The van der Waals surface area contributed by atoms with E-state index in [9.17, 15) is 0 Å². The summed E-state index contributed by atoms with van der Waals surface area (Å²) < 4.78 is 1.82. The zero-order chi connectivity index (χ0) is 14.0. The summed E-state index contributed by atoms with van der Waals surface area (Å²) in [7, 11) is 1.91. The molecule has 106 valence electrons. The maximum atomic E-state index is 5.78. The molecule has 6 heteroatoms. The molecule has 0 amide bonds. The molecule has 1 fully saturated rings. The molecule has 1 unspecified atom stereocenters. The summed E-state index contributed by atoms with van der Waals surface area (Å²) >= 11 is 5.11. The second-order valence-corrected chi connectivity index (χ2v) is 5.71. The second-order valence-electron chi connectivity index (χ2n) is 5.27. The third kappa shape index (κ3) is 3.06. The summed E-state index contributed by atoms with van der Waals surface area (Å²) in [5, 5.41) is 7.83. The van der Waals surface area contributed by atoms with Crippen LogP contribution in [-0.4, -0.2) is 45.3 Å². The highest BCUT2D eigenvalue weighted by atomic mass is 32.1. The first-order chi connectivity index (χ1) is 9.00. The zero-order valence-electron chi connectivity index (χ0n) is 11.9. The fraction of sp³-hybridized carbons (Fsp3) is 0.692. The first-order valence-electron chi connectivity index (χ1n) is 6.82. The van der Waals surface area contributed by atoms with Crippen LogP contribution in [0.3, 0.4) is 0 Å². The molecule has 1 saturated heterocycles. The van der Waals surface area contributed by atoms with E-state index in [2.05, 4.69) is 22.2 Å². The molecule has 19 heavy (non-hydrogen) atoms. The molecule has 0 saturated carbocycles. The number of anilines is 1. The summed E-state index contributed by atoms with van der Waals surface area (Å²) in [6.45, 7) is 7.48. The third-order valence-corrected chi connectivity index (χ3v) is 4.00. The van der Waals surface area contributed by atoms with Gasteiger partial charge in [-0.3, -0.25) is 9.58 Å². The summed E-state index contributed by atoms with van der Waals surface area (Å²) in [4.78, 5) is 2.92. The normalized spacial score (nSPS) is 17.6. The van der Waals surface area contributed by atoms with Crippen LogP contribution in [0.2, 0.25) is 0 Å². The van der Waals surface area contributed by atoms with E-state index in [1.807, 2.05) is 18.7 Å². The fourth-order valence-electron chi connectivity index (χ4n) is 2.71. The van der Waals surface area contributed by atoms with Crippen LogP contribution in [0.1, 0.15) is 31.0 Å². The maximum absolute atomic E-state index is 5.78. The average molecular weight is 281 g/mol. The number of thiocarbonyl (C=S) groups is 1. The highest BCUT2D eigenvalue weighted by molar-refractivity contribution is 7.80. The number of nitrogens with two attached hydrogens (primary N) is 1. The van der Waals surface area contributed by atoms with Crippen LogP contribution in [0.4, 0.5) is 5.82 Å². The third-order valence-electron chi connectivity index (χ3n) is 3.80. The Morgan fingerprint density at radius 1 is 1.47 bits per heavy atom. The van der Waals surface area contributed by atoms with E-state index >= 15 is 0 Å². The Morgan fingerprint density at radius 2 is 2.11 bits per heavy atom. The van der Waals surface area contributed by atoms with Crippen LogP contribution < -0.4 is 11.1 Å². The molecule has 1 aliphatic heterocycles. The monoisotopic (exact) mass is 281 g/mol. The lowest BCUT2D eigenvalue weighted by Crippen LogP contribution is -2.36. The van der Waals surface area contributed by atoms with Crippen molar-refractivity contribution in [2.45, 2.75) is 32.7 Å². The number of likely N-dealkylation sites (tertiary alicyclic amines) is 1. The first-order valence-corrected chi connectivity index (χ1v) is 7.23. The predicted octanol–water partition coefficient (Wildman–Crippen LogP) is 1.26. The van der Waals surface area contributed by atoms with Gasteiger partial charge in [-0.15, -0.1) is 0 Å². The number of nitrogens with one attached hydrogen (secondary N) is 1. The zero-order valence-corrected chi connectivity index (χ0v) is 12.8. The number of nitrogens with zero attached hydrogens (tertiary/aromatic N) is 3. The summed E-state index contributed by atoms with van der Waals surface area (Å²) in [6, 6.07) is 0.511. The Bertz CT molecular complexity index is 462. The second kappa shape index (κ2) is 5.88. The molecule has 2 rings (SSSR count). The fourth-order valence-corrected chi connectivity index (χ4v) is 2.96. The van der Waals surface area contributed by atoms with Crippen LogP contribution in [0.15, 0.2) is 0 Å². The van der Waals surface area contributed by atoms with E-state index in [0.717, 1.165) is 23.6 Å². The van der Waals surface area contributed by atoms with Gasteiger partial charge in [-0.25, -0.2) is 0 Å². The van der Waals surface area contributed by atoms with Crippen molar-refractivity contribution in [3.05, 3.63) is 11.3 Å². The highest BCUT2D eigenvalue weighted by Crippen LogP contribution is 2.19. The molecular weight excluding hydrogens is 258 g/mol. The molecule has 0 aromatic carbocycles. The van der Waals surface area contributed by atoms with Gasteiger partial charge in [0.05, 0.1) is 11.3 Å². The molecule has 0 bridgehead atoms. The molecule has 1 aliphatic rings. The average Bonchev–Trinajstić information content (AvgIpc) is 2.94. The van der Waals surface area contributed by atoms with E-state index < -0.39 is 0 Å². The molecule has 5 nitrogen and oxygen atoms in total. The van der Waals surface area contributed by atoms with Crippen LogP contribution in [-0.2, 0) is 7.05 Å². The SMILES string of the molecule is Cc1nn(C)c(NCC(C)N2CCCC2)c1C(N)=S. The number of hydrogen-bond donors (Lipinski definition) is 2. The van der Waals surface area contributed by atoms with Gasteiger partial charge in [0.1, 0.15) is 10.8 Å². The van der Waals surface area contributed by atoms with Gasteiger partial charge in [-0.05, 0) is 39.8 Å². The molecule has 0 spiro atoms. The van der Waals surface area contributed by atoms with Crippen molar-refractivity contribution < 1.29 is 0 Å². The molecule has 3 N–H and O–H groups in total. The Hall–Kier alpha value is -1.14. The Kier molecular flexibility index (Phi) is 4.42. The van der Waals surface area contributed by atoms with E-state index in [0.29, 0.717) is 11.0 Å². The van der Waals surface area contributed by atoms with Gasteiger partial charge < -0.3 is 11.1 Å². The van der Waals surface area contributed by atoms with Gasteiger partial charge in [0.25, 0.3) is 0 Å². The van der Waals surface area contributed by atoms with Gasteiger partial charge in [-0.1, -0.05) is 12.2 Å². The minimum atomic E-state index is 0.405. The van der Waals surface area contributed by atoms with Gasteiger partial charge in [0.2, 0.25) is 0 Å². The van der Waals surface area contributed by atoms with Crippen molar-refractivity contribution in [2.75, 3.05) is 25.0 Å². The summed E-state index contributed by atoms with van der Waals surface area (Å²) in [6.07, 6.45) is 2.63. The quantitative estimate of drug-likeness (QED) is 0.796. The molecule has 0 aliphatic carbocycles. The van der Waals surface area contributed by atoms with Crippen molar-refractivity contribution in [1.29, 1.82) is 0 Å². The summed E-state index contributed by atoms with van der Waals surface area (Å²) in [5.74, 6) is 0.927. The molecule has 2 heterocycles. The number of aromatic nitrogens is 2. The van der Waals surface area contributed by atoms with Crippen molar-refractivity contribution >= 4 is 23.0 Å². The largest absolute Gasteiger partial charge is 0.389 e. The molecule has 0 radical (unpaired) electrons. The van der Waals surface area contributed by atoms with Gasteiger partial charge in [0.15, 0.2) is 0 Å². The van der Waals surface area contributed by atoms with Crippen LogP contribution >= 0.6 is 12.2 Å². The molecule has 1 aromatic rings. The van der Waals surface area contributed by atoms with Crippen LogP contribution in [0.5, 0.6) is 0 Å². The van der Waals surface area contributed by atoms with Crippen molar-refractivity contribution in [1.82, 2.24) is 14.7 Å². The Labute approximate surface area is 120 Å². The van der Waals surface area contributed by atoms with Crippen molar-refractivity contribution in [3.8, 4) is 0 Å². The van der Waals surface area contributed by atoms with Gasteiger partial charge in [-0.2, -0.15) is 5.10 Å². The topological polar surface area (TPSA) is 59.1 Å². The van der Waals surface area contributed by atoms with Crippen LogP contribution in [0.25, 0.3) is 0 Å². The van der Waals surface area contributed by atoms with Crippen molar-refractivity contribution in [2.24, 2.45) is 12.8 Å². The number of rotatable bonds is 5. The van der Waals surface area contributed by atoms with Crippen molar-refractivity contribution in [3.63, 3.8) is 0 Å². The number of hydrogen-bond acceptors (Lipinski definition) is 4. The Morgan fingerprint density at radius 3 is 2.68 bits per heavy atom. The predicted molar refractivity (Wildman–Crippen MR) is 82.6 cm³/mol. The lowest BCUT2D eigenvalue weighted by atomic mass is 10.2. The molecule has 1 atom stereocenters. The van der Waals surface area contributed by atoms with Crippen LogP contribution in [0, 0.1) is 6.92 Å². The Balaban J connectivity index is 2.04. The minimum Gasteiger partial charge on any atom is -0.389 e. The molecule has 1 aromatic heterocycles. The lowest BCUT2D eigenvalue weighted by molar-refractivity contribution is 0.269. The summed E-state index contributed by atoms with van der Waals surface area (Å²) in [5.41, 5.74) is 7.53. The molecular formula is C13H23N5S. The smallest absolute Gasteiger partial charge is 0.134 e. The minimum absolute atomic E-state index is 0.405. The lowest BCUT2D eigenvalue weighted by Gasteiger charge is -2.24. The first kappa shape index (κ1) is 14.3. The van der Waals surface area contributed by atoms with E-state index in [-0.39, 0.29) is 0 Å². The van der Waals surface area contributed by atoms with E-state index in [1.54, 1.807) is 0 Å². The maximum Gasteiger partial charge on any atom is 0.134 e. The number of aryl methyl sites for hydroxylation is 2.